The minimum absolute atomic E-state index is 0.889. The van der Waals surface area contributed by atoms with Crippen LogP contribution in [0.1, 0.15) is 27.2 Å². The first kappa shape index (κ1) is 15.9. The fourth-order valence-corrected chi connectivity index (χ4v) is 0.204. The third-order valence-corrected chi connectivity index (χ3v) is 0.408. The molecule has 0 saturated heterocycles. The molecule has 0 amide bonds. The fraction of sp³-hybridized carbons (Fsp3) is 0.750. The van der Waals surface area contributed by atoms with Gasteiger partial charge in [0.25, 0.3) is 0 Å². The molecule has 0 spiro atoms. The second-order valence-corrected chi connectivity index (χ2v) is 0.993. The molecule has 0 fully saturated rings. The van der Waals surface area contributed by atoms with Crippen molar-refractivity contribution in [2.45, 2.75) is 27.2 Å². The molecule has 0 aliphatic carbocycles. The Labute approximate surface area is 59.7 Å². The Morgan fingerprint density at radius 2 is 1.56 bits per heavy atom. The molecule has 0 rings (SSSR count). The SMILES string of the molecule is C=C.CC.CCCOC. The van der Waals surface area contributed by atoms with E-state index in [0.717, 1.165) is 13.0 Å². The predicted octanol–water partition coefficient (Wildman–Crippen LogP) is 2.87. The summed E-state index contributed by atoms with van der Waals surface area (Å²) >= 11 is 0. The van der Waals surface area contributed by atoms with Crippen LogP contribution in [0.5, 0.6) is 0 Å². The average molecular weight is 132 g/mol. The molecular weight excluding hydrogens is 112 g/mol. The maximum Gasteiger partial charge on any atom is 0.0459 e. The quantitative estimate of drug-likeness (QED) is 0.525. The van der Waals surface area contributed by atoms with Gasteiger partial charge in [0.05, 0.1) is 0 Å². The zero-order valence-electron chi connectivity index (χ0n) is 7.24. The van der Waals surface area contributed by atoms with E-state index in [1.54, 1.807) is 7.11 Å². The minimum Gasteiger partial charge on any atom is -0.385 e. The Morgan fingerprint density at radius 3 is 1.56 bits per heavy atom. The number of hydrogen-bond donors (Lipinski definition) is 0. The summed E-state index contributed by atoms with van der Waals surface area (Å²) in [5.41, 5.74) is 0. The summed E-state index contributed by atoms with van der Waals surface area (Å²) in [6.07, 6.45) is 1.12. The molecule has 0 bridgehead atoms. The molecule has 9 heavy (non-hydrogen) atoms. The van der Waals surface area contributed by atoms with Crippen LogP contribution in [0.15, 0.2) is 13.2 Å². The van der Waals surface area contributed by atoms with Crippen LogP contribution in [-0.2, 0) is 4.74 Å². The van der Waals surface area contributed by atoms with Gasteiger partial charge in [0.1, 0.15) is 0 Å². The third-order valence-electron chi connectivity index (χ3n) is 0.408. The molecule has 0 aromatic heterocycles. The van der Waals surface area contributed by atoms with Crippen molar-refractivity contribution in [3.05, 3.63) is 13.2 Å². The summed E-state index contributed by atoms with van der Waals surface area (Å²) in [4.78, 5) is 0. The lowest BCUT2D eigenvalue weighted by Gasteiger charge is -1.84. The predicted molar refractivity (Wildman–Crippen MR) is 44.8 cm³/mol. The highest BCUT2D eigenvalue weighted by molar-refractivity contribution is 4.22. The monoisotopic (exact) mass is 132 g/mol. The van der Waals surface area contributed by atoms with E-state index in [1.807, 2.05) is 13.8 Å². The largest absolute Gasteiger partial charge is 0.385 e. The van der Waals surface area contributed by atoms with Crippen LogP contribution < -0.4 is 0 Å². The lowest BCUT2D eigenvalue weighted by atomic mass is 10.5. The molecule has 0 saturated carbocycles. The highest BCUT2D eigenvalue weighted by atomic mass is 16.5. The van der Waals surface area contributed by atoms with Crippen LogP contribution in [0.3, 0.4) is 0 Å². The van der Waals surface area contributed by atoms with Gasteiger partial charge >= 0.3 is 0 Å². The highest BCUT2D eigenvalue weighted by Gasteiger charge is 1.66. The first-order valence-corrected chi connectivity index (χ1v) is 3.40. The van der Waals surface area contributed by atoms with Crippen LogP contribution in [0.2, 0.25) is 0 Å². The summed E-state index contributed by atoms with van der Waals surface area (Å²) < 4.78 is 4.69. The summed E-state index contributed by atoms with van der Waals surface area (Å²) in [7, 11) is 1.71. The van der Waals surface area contributed by atoms with E-state index >= 15 is 0 Å². The van der Waals surface area contributed by atoms with Gasteiger partial charge in [-0.2, -0.15) is 0 Å². The summed E-state index contributed by atoms with van der Waals surface area (Å²) in [6, 6.07) is 0. The van der Waals surface area contributed by atoms with E-state index in [4.69, 9.17) is 4.74 Å². The summed E-state index contributed by atoms with van der Waals surface area (Å²) in [6.45, 7) is 13.0. The lowest BCUT2D eigenvalue weighted by Crippen LogP contribution is -1.80. The third kappa shape index (κ3) is 86.6. The van der Waals surface area contributed by atoms with E-state index in [2.05, 4.69) is 20.1 Å². The smallest absolute Gasteiger partial charge is 0.0459 e. The van der Waals surface area contributed by atoms with Gasteiger partial charge in [0.15, 0.2) is 0 Å². The zero-order valence-corrected chi connectivity index (χ0v) is 7.24. The van der Waals surface area contributed by atoms with Crippen molar-refractivity contribution in [1.29, 1.82) is 0 Å². The molecule has 1 heteroatoms. The standard InChI is InChI=1S/C4H10O.C2H6.C2H4/c1-3-4-5-2;2*1-2/h3-4H2,1-2H3;1-2H3;1-2H2. The zero-order chi connectivity index (χ0) is 8.12. The topological polar surface area (TPSA) is 9.23 Å². The van der Waals surface area contributed by atoms with Crippen molar-refractivity contribution in [2.24, 2.45) is 0 Å². The minimum atomic E-state index is 0.889. The maximum atomic E-state index is 4.69. The van der Waals surface area contributed by atoms with Gasteiger partial charge in [-0.25, -0.2) is 0 Å². The second kappa shape index (κ2) is 47.4. The van der Waals surface area contributed by atoms with Gasteiger partial charge in [-0.05, 0) is 6.42 Å². The molecule has 58 valence electrons. The van der Waals surface area contributed by atoms with Gasteiger partial charge in [0, 0.05) is 13.7 Å². The van der Waals surface area contributed by atoms with E-state index < -0.39 is 0 Å². The molecule has 0 unspecified atom stereocenters. The van der Waals surface area contributed by atoms with Gasteiger partial charge in [0.2, 0.25) is 0 Å². The van der Waals surface area contributed by atoms with Crippen molar-refractivity contribution in [2.75, 3.05) is 13.7 Å². The van der Waals surface area contributed by atoms with Crippen LogP contribution in [-0.4, -0.2) is 13.7 Å². The van der Waals surface area contributed by atoms with E-state index in [0.29, 0.717) is 0 Å². The Bertz CT molecular complexity index is 18.5. The van der Waals surface area contributed by atoms with Crippen molar-refractivity contribution in [1.82, 2.24) is 0 Å². The molecular formula is C8H20O. The average Bonchev–Trinajstić information content (AvgIpc) is 1.98. The van der Waals surface area contributed by atoms with E-state index in [1.165, 1.54) is 0 Å². The van der Waals surface area contributed by atoms with Crippen LogP contribution >= 0.6 is 0 Å². The lowest BCUT2D eigenvalue weighted by molar-refractivity contribution is 0.199. The maximum absolute atomic E-state index is 4.69. The molecule has 1 nitrogen and oxygen atoms in total. The molecule has 0 aromatic carbocycles. The molecule has 0 N–H and O–H groups in total. The van der Waals surface area contributed by atoms with E-state index in [9.17, 15) is 0 Å². The number of rotatable bonds is 2. The Balaban J connectivity index is -0.0000000771. The Kier molecular flexibility index (Phi) is 83.6. The molecule has 0 aromatic rings. The number of hydrogen-bond acceptors (Lipinski definition) is 1. The van der Waals surface area contributed by atoms with Crippen molar-refractivity contribution in [3.63, 3.8) is 0 Å². The van der Waals surface area contributed by atoms with E-state index in [-0.39, 0.29) is 0 Å². The second-order valence-electron chi connectivity index (χ2n) is 0.993. The molecule has 0 heterocycles. The first-order chi connectivity index (χ1) is 4.41. The number of methoxy groups -OCH3 is 1. The van der Waals surface area contributed by atoms with Crippen molar-refractivity contribution < 1.29 is 4.74 Å². The first-order valence-electron chi connectivity index (χ1n) is 3.40. The van der Waals surface area contributed by atoms with Crippen LogP contribution in [0.25, 0.3) is 0 Å². The summed E-state index contributed by atoms with van der Waals surface area (Å²) in [5, 5.41) is 0. The Hall–Kier alpha value is -0.300. The molecule has 0 aliphatic rings. The van der Waals surface area contributed by atoms with Crippen LogP contribution in [0.4, 0.5) is 0 Å². The molecule has 0 radical (unpaired) electrons. The molecule has 0 atom stereocenters. The van der Waals surface area contributed by atoms with Gasteiger partial charge < -0.3 is 4.74 Å². The van der Waals surface area contributed by atoms with Gasteiger partial charge in [-0.15, -0.1) is 13.2 Å². The van der Waals surface area contributed by atoms with Gasteiger partial charge in [-0.1, -0.05) is 20.8 Å². The van der Waals surface area contributed by atoms with Crippen molar-refractivity contribution in [3.8, 4) is 0 Å². The molecule has 0 aliphatic heterocycles. The fourth-order valence-electron chi connectivity index (χ4n) is 0.204. The van der Waals surface area contributed by atoms with Gasteiger partial charge in [-0.3, -0.25) is 0 Å². The highest BCUT2D eigenvalue weighted by Crippen LogP contribution is 1.70. The van der Waals surface area contributed by atoms with Crippen molar-refractivity contribution >= 4 is 0 Å². The van der Waals surface area contributed by atoms with Crippen LogP contribution in [0, 0.1) is 0 Å². The normalized spacial score (nSPS) is 5.78. The summed E-state index contributed by atoms with van der Waals surface area (Å²) in [5.74, 6) is 0. The Morgan fingerprint density at radius 1 is 1.22 bits per heavy atom. The number of ether oxygens (including phenoxy) is 1.